The largest absolute Gasteiger partial charge is 0.330 e. The zero-order valence-corrected chi connectivity index (χ0v) is 12.1. The van der Waals surface area contributed by atoms with Crippen molar-refractivity contribution in [2.45, 2.75) is 70.4 Å². The van der Waals surface area contributed by atoms with Gasteiger partial charge in [-0.3, -0.25) is 0 Å². The molecular weight excluding hydrogens is 222 g/mol. The molecule has 0 bridgehead atoms. The van der Waals surface area contributed by atoms with E-state index < -0.39 is 0 Å². The average molecular weight is 249 g/mol. The van der Waals surface area contributed by atoms with Gasteiger partial charge in [-0.2, -0.15) is 0 Å². The Balaban J connectivity index is 2.19. The maximum atomic E-state index is 4.39. The van der Waals surface area contributed by atoms with E-state index in [9.17, 15) is 0 Å². The molecule has 102 valence electrons. The zero-order chi connectivity index (χ0) is 13.0. The fraction of sp³-hybridized carbons (Fsp3) is 0.800. The van der Waals surface area contributed by atoms with Gasteiger partial charge in [0, 0.05) is 6.04 Å². The molecule has 1 aromatic heterocycles. The molecule has 2 rings (SSSR count). The average Bonchev–Trinajstić information content (AvgIpc) is 2.78. The second kappa shape index (κ2) is 5.87. The summed E-state index contributed by atoms with van der Waals surface area (Å²) in [4.78, 5) is 4.39. The first-order valence-corrected chi connectivity index (χ1v) is 7.36. The SMILES string of the molecule is CNC(C)(C)c1cncn1C1CCCCCCC1. The third kappa shape index (κ3) is 2.94. The van der Waals surface area contributed by atoms with Gasteiger partial charge in [0.15, 0.2) is 0 Å². The second-order valence-corrected chi connectivity index (χ2v) is 6.06. The molecule has 1 saturated carbocycles. The molecule has 1 heterocycles. The van der Waals surface area contributed by atoms with E-state index in [2.05, 4.69) is 28.7 Å². The highest BCUT2D eigenvalue weighted by Gasteiger charge is 2.25. The molecule has 1 N–H and O–H groups in total. The summed E-state index contributed by atoms with van der Waals surface area (Å²) >= 11 is 0. The van der Waals surface area contributed by atoms with Crippen molar-refractivity contribution in [1.29, 1.82) is 0 Å². The molecule has 0 unspecified atom stereocenters. The minimum absolute atomic E-state index is 0.00112. The quantitative estimate of drug-likeness (QED) is 0.886. The van der Waals surface area contributed by atoms with Crippen molar-refractivity contribution in [3.05, 3.63) is 18.2 Å². The van der Waals surface area contributed by atoms with E-state index in [1.54, 1.807) is 0 Å². The Morgan fingerprint density at radius 1 is 1.17 bits per heavy atom. The lowest BCUT2D eigenvalue weighted by Crippen LogP contribution is -2.36. The number of hydrogen-bond acceptors (Lipinski definition) is 2. The van der Waals surface area contributed by atoms with Gasteiger partial charge >= 0.3 is 0 Å². The van der Waals surface area contributed by atoms with Crippen LogP contribution in [0.1, 0.15) is 70.5 Å². The second-order valence-electron chi connectivity index (χ2n) is 6.06. The molecule has 3 heteroatoms. The molecule has 0 amide bonds. The highest BCUT2D eigenvalue weighted by Crippen LogP contribution is 2.30. The molecular formula is C15H27N3. The van der Waals surface area contributed by atoms with Crippen molar-refractivity contribution in [3.63, 3.8) is 0 Å². The Morgan fingerprint density at radius 2 is 1.78 bits per heavy atom. The zero-order valence-electron chi connectivity index (χ0n) is 12.1. The number of rotatable bonds is 3. The van der Waals surface area contributed by atoms with Crippen LogP contribution < -0.4 is 5.32 Å². The Bertz CT molecular complexity index is 360. The van der Waals surface area contributed by atoms with Crippen LogP contribution in [0, 0.1) is 0 Å². The predicted octanol–water partition coefficient (Wildman–Crippen LogP) is 3.62. The summed E-state index contributed by atoms with van der Waals surface area (Å²) in [5, 5.41) is 3.39. The molecule has 0 atom stereocenters. The molecule has 1 aliphatic rings. The molecule has 0 aliphatic heterocycles. The number of imidazole rings is 1. The van der Waals surface area contributed by atoms with E-state index in [-0.39, 0.29) is 5.54 Å². The molecule has 0 radical (unpaired) electrons. The van der Waals surface area contributed by atoms with E-state index in [0.717, 1.165) is 0 Å². The smallest absolute Gasteiger partial charge is 0.0951 e. The molecule has 1 fully saturated rings. The Hall–Kier alpha value is -0.830. The van der Waals surface area contributed by atoms with Gasteiger partial charge in [0.1, 0.15) is 0 Å². The van der Waals surface area contributed by atoms with Gasteiger partial charge in [0.2, 0.25) is 0 Å². The Kier molecular flexibility index (Phi) is 4.44. The van der Waals surface area contributed by atoms with Gasteiger partial charge in [-0.25, -0.2) is 4.98 Å². The fourth-order valence-electron chi connectivity index (χ4n) is 2.92. The van der Waals surface area contributed by atoms with E-state index in [1.165, 1.54) is 50.6 Å². The van der Waals surface area contributed by atoms with Crippen molar-refractivity contribution >= 4 is 0 Å². The van der Waals surface area contributed by atoms with Crippen LogP contribution in [-0.4, -0.2) is 16.6 Å². The number of nitrogens with zero attached hydrogens (tertiary/aromatic N) is 2. The summed E-state index contributed by atoms with van der Waals surface area (Å²) in [6.45, 7) is 4.45. The minimum Gasteiger partial charge on any atom is -0.330 e. The molecule has 0 aromatic carbocycles. The predicted molar refractivity (Wildman–Crippen MR) is 75.7 cm³/mol. The van der Waals surface area contributed by atoms with Crippen LogP contribution in [0.15, 0.2) is 12.5 Å². The molecule has 0 saturated heterocycles. The van der Waals surface area contributed by atoms with E-state index in [4.69, 9.17) is 0 Å². The molecule has 1 aromatic rings. The molecule has 3 nitrogen and oxygen atoms in total. The number of aromatic nitrogens is 2. The van der Waals surface area contributed by atoms with Crippen LogP contribution in [0.5, 0.6) is 0 Å². The van der Waals surface area contributed by atoms with Crippen molar-refractivity contribution in [3.8, 4) is 0 Å². The van der Waals surface area contributed by atoms with Crippen molar-refractivity contribution in [2.24, 2.45) is 0 Å². The van der Waals surface area contributed by atoms with Crippen molar-refractivity contribution in [2.75, 3.05) is 7.05 Å². The van der Waals surface area contributed by atoms with Gasteiger partial charge < -0.3 is 9.88 Å². The molecule has 18 heavy (non-hydrogen) atoms. The van der Waals surface area contributed by atoms with Gasteiger partial charge in [0.25, 0.3) is 0 Å². The van der Waals surface area contributed by atoms with Gasteiger partial charge in [-0.05, 0) is 33.7 Å². The maximum absolute atomic E-state index is 4.39. The lowest BCUT2D eigenvalue weighted by atomic mass is 9.94. The third-order valence-corrected chi connectivity index (χ3v) is 4.40. The summed E-state index contributed by atoms with van der Waals surface area (Å²) in [5.74, 6) is 0. The van der Waals surface area contributed by atoms with Gasteiger partial charge in [-0.15, -0.1) is 0 Å². The summed E-state index contributed by atoms with van der Waals surface area (Å²) in [6.07, 6.45) is 13.6. The fourth-order valence-corrected chi connectivity index (χ4v) is 2.92. The standard InChI is InChI=1S/C15H27N3/c1-15(2,16-3)14-11-17-12-18(14)13-9-7-5-4-6-8-10-13/h11-13,16H,4-10H2,1-3H3. The van der Waals surface area contributed by atoms with E-state index in [1.807, 2.05) is 19.6 Å². The van der Waals surface area contributed by atoms with E-state index >= 15 is 0 Å². The monoisotopic (exact) mass is 249 g/mol. The maximum Gasteiger partial charge on any atom is 0.0951 e. The summed E-state index contributed by atoms with van der Waals surface area (Å²) in [5.41, 5.74) is 1.31. The molecule has 1 aliphatic carbocycles. The van der Waals surface area contributed by atoms with Crippen LogP contribution in [0.2, 0.25) is 0 Å². The number of hydrogen-bond donors (Lipinski definition) is 1. The summed E-state index contributed by atoms with van der Waals surface area (Å²) in [6, 6.07) is 0.649. The van der Waals surface area contributed by atoms with Crippen molar-refractivity contribution in [1.82, 2.24) is 14.9 Å². The van der Waals surface area contributed by atoms with Gasteiger partial charge in [-0.1, -0.05) is 32.1 Å². The topological polar surface area (TPSA) is 29.9 Å². The van der Waals surface area contributed by atoms with E-state index in [0.29, 0.717) is 6.04 Å². The van der Waals surface area contributed by atoms with Crippen LogP contribution in [-0.2, 0) is 5.54 Å². The number of nitrogens with one attached hydrogen (secondary N) is 1. The van der Waals surface area contributed by atoms with Crippen LogP contribution in [0.4, 0.5) is 0 Å². The Morgan fingerprint density at radius 3 is 2.39 bits per heavy atom. The highest BCUT2D eigenvalue weighted by molar-refractivity contribution is 5.12. The highest BCUT2D eigenvalue weighted by atomic mass is 15.1. The van der Waals surface area contributed by atoms with Crippen LogP contribution >= 0.6 is 0 Å². The molecule has 0 spiro atoms. The third-order valence-electron chi connectivity index (χ3n) is 4.40. The summed E-state index contributed by atoms with van der Waals surface area (Å²) < 4.78 is 2.42. The van der Waals surface area contributed by atoms with Crippen LogP contribution in [0.25, 0.3) is 0 Å². The van der Waals surface area contributed by atoms with Gasteiger partial charge in [0.05, 0.1) is 23.8 Å². The minimum atomic E-state index is -0.00112. The first-order chi connectivity index (χ1) is 8.65. The lowest BCUT2D eigenvalue weighted by molar-refractivity contribution is 0.332. The first kappa shape index (κ1) is 13.6. The Labute approximate surface area is 111 Å². The first-order valence-electron chi connectivity index (χ1n) is 7.36. The van der Waals surface area contributed by atoms with Crippen LogP contribution in [0.3, 0.4) is 0 Å². The normalized spacial score (nSPS) is 19.5. The van der Waals surface area contributed by atoms with Crippen molar-refractivity contribution < 1.29 is 0 Å². The summed E-state index contributed by atoms with van der Waals surface area (Å²) in [7, 11) is 2.02. The lowest BCUT2D eigenvalue weighted by Gasteiger charge is -2.30.